The zero-order valence-corrected chi connectivity index (χ0v) is 12.5. The molecular formula is C16H32N2. The summed E-state index contributed by atoms with van der Waals surface area (Å²) in [6.45, 7) is 7.17. The van der Waals surface area contributed by atoms with Gasteiger partial charge in [-0.2, -0.15) is 0 Å². The third-order valence-corrected chi connectivity index (χ3v) is 5.58. The molecule has 2 aliphatic rings. The molecule has 0 amide bonds. The van der Waals surface area contributed by atoms with Crippen molar-refractivity contribution >= 4 is 0 Å². The van der Waals surface area contributed by atoms with Gasteiger partial charge < -0.3 is 0 Å². The van der Waals surface area contributed by atoms with Gasteiger partial charge in [0.1, 0.15) is 0 Å². The lowest BCUT2D eigenvalue weighted by Gasteiger charge is -2.39. The second kappa shape index (κ2) is 6.38. The minimum Gasteiger partial charge on any atom is -0.271 e. The quantitative estimate of drug-likeness (QED) is 0.591. The molecule has 0 aromatic rings. The van der Waals surface area contributed by atoms with E-state index in [2.05, 4.69) is 26.2 Å². The fourth-order valence-electron chi connectivity index (χ4n) is 4.77. The molecule has 5 unspecified atom stereocenters. The Morgan fingerprint density at radius 3 is 2.17 bits per heavy atom. The number of hydrazine groups is 1. The van der Waals surface area contributed by atoms with Crippen molar-refractivity contribution in [3.63, 3.8) is 0 Å². The average Bonchev–Trinajstić information content (AvgIpc) is 2.77. The lowest BCUT2D eigenvalue weighted by Crippen LogP contribution is -2.47. The molecule has 0 heterocycles. The molecule has 3 N–H and O–H groups in total. The standard InChI is InChI=1S/C16H32N2/c1-4-13-5-6-14(10-13)16(18-17)15-8-11(2)7-12(3)9-15/h11-16,18H,4-10,17H2,1-3H3. The maximum absolute atomic E-state index is 5.91. The summed E-state index contributed by atoms with van der Waals surface area (Å²) in [5.41, 5.74) is 3.20. The Hall–Kier alpha value is -0.0800. The van der Waals surface area contributed by atoms with Crippen LogP contribution in [-0.4, -0.2) is 6.04 Å². The molecule has 0 saturated heterocycles. The number of rotatable bonds is 4. The van der Waals surface area contributed by atoms with Gasteiger partial charge in [-0.1, -0.05) is 33.6 Å². The van der Waals surface area contributed by atoms with Crippen molar-refractivity contribution in [2.24, 2.45) is 35.4 Å². The molecule has 0 aliphatic heterocycles. The topological polar surface area (TPSA) is 38.0 Å². The zero-order valence-electron chi connectivity index (χ0n) is 12.5. The van der Waals surface area contributed by atoms with Crippen molar-refractivity contribution in [2.75, 3.05) is 0 Å². The SMILES string of the molecule is CCC1CCC(C(NN)C2CC(C)CC(C)C2)C1. The summed E-state index contributed by atoms with van der Waals surface area (Å²) >= 11 is 0. The molecule has 2 nitrogen and oxygen atoms in total. The van der Waals surface area contributed by atoms with Crippen LogP contribution in [0.3, 0.4) is 0 Å². The van der Waals surface area contributed by atoms with E-state index in [1.54, 1.807) is 0 Å². The normalized spacial score (nSPS) is 43.0. The van der Waals surface area contributed by atoms with Crippen molar-refractivity contribution in [1.82, 2.24) is 5.43 Å². The Kier molecular flexibility index (Phi) is 5.08. The van der Waals surface area contributed by atoms with Crippen molar-refractivity contribution in [3.8, 4) is 0 Å². The predicted octanol–water partition coefficient (Wildman–Crippen LogP) is 3.72. The van der Waals surface area contributed by atoms with E-state index in [0.29, 0.717) is 6.04 Å². The molecule has 2 fully saturated rings. The van der Waals surface area contributed by atoms with Crippen LogP contribution in [0.4, 0.5) is 0 Å². The maximum Gasteiger partial charge on any atom is 0.0267 e. The summed E-state index contributed by atoms with van der Waals surface area (Å²) in [6, 6.07) is 0.576. The molecule has 2 saturated carbocycles. The summed E-state index contributed by atoms with van der Waals surface area (Å²) in [7, 11) is 0. The number of nitrogens with two attached hydrogens (primary N) is 1. The largest absolute Gasteiger partial charge is 0.271 e. The van der Waals surface area contributed by atoms with Crippen LogP contribution < -0.4 is 11.3 Å². The van der Waals surface area contributed by atoms with Crippen LogP contribution in [0.25, 0.3) is 0 Å². The fraction of sp³-hybridized carbons (Fsp3) is 1.00. The Balaban J connectivity index is 1.95. The second-order valence-electron chi connectivity index (χ2n) is 7.22. The van der Waals surface area contributed by atoms with Gasteiger partial charge in [-0.05, 0) is 61.7 Å². The smallest absolute Gasteiger partial charge is 0.0267 e. The van der Waals surface area contributed by atoms with Gasteiger partial charge in [-0.3, -0.25) is 11.3 Å². The van der Waals surface area contributed by atoms with Crippen LogP contribution in [0.15, 0.2) is 0 Å². The van der Waals surface area contributed by atoms with Crippen molar-refractivity contribution in [1.29, 1.82) is 0 Å². The third-order valence-electron chi connectivity index (χ3n) is 5.58. The Morgan fingerprint density at radius 1 is 1.00 bits per heavy atom. The highest BCUT2D eigenvalue weighted by molar-refractivity contribution is 4.90. The summed E-state index contributed by atoms with van der Waals surface area (Å²) in [6.07, 6.45) is 9.76. The number of hydrogen-bond donors (Lipinski definition) is 2. The minimum atomic E-state index is 0.576. The van der Waals surface area contributed by atoms with Crippen molar-refractivity contribution < 1.29 is 0 Å². The highest BCUT2D eigenvalue weighted by atomic mass is 15.2. The molecular weight excluding hydrogens is 220 g/mol. The molecule has 0 radical (unpaired) electrons. The van der Waals surface area contributed by atoms with Gasteiger partial charge in [0.2, 0.25) is 0 Å². The molecule has 106 valence electrons. The fourth-order valence-corrected chi connectivity index (χ4v) is 4.77. The summed E-state index contributed by atoms with van der Waals surface area (Å²) in [4.78, 5) is 0. The van der Waals surface area contributed by atoms with E-state index in [1.165, 1.54) is 44.9 Å². The second-order valence-corrected chi connectivity index (χ2v) is 7.22. The van der Waals surface area contributed by atoms with Crippen LogP contribution >= 0.6 is 0 Å². The van der Waals surface area contributed by atoms with Gasteiger partial charge in [0.15, 0.2) is 0 Å². The lowest BCUT2D eigenvalue weighted by molar-refractivity contribution is 0.142. The molecule has 2 rings (SSSR count). The molecule has 0 aromatic heterocycles. The van der Waals surface area contributed by atoms with Gasteiger partial charge in [0.05, 0.1) is 0 Å². The predicted molar refractivity (Wildman–Crippen MR) is 77.9 cm³/mol. The molecule has 2 aliphatic carbocycles. The average molecular weight is 252 g/mol. The monoisotopic (exact) mass is 252 g/mol. The van der Waals surface area contributed by atoms with Crippen LogP contribution in [0.2, 0.25) is 0 Å². The van der Waals surface area contributed by atoms with Gasteiger partial charge in [0, 0.05) is 6.04 Å². The van der Waals surface area contributed by atoms with Gasteiger partial charge in [0.25, 0.3) is 0 Å². The number of nitrogens with one attached hydrogen (secondary N) is 1. The lowest BCUT2D eigenvalue weighted by atomic mass is 9.71. The van der Waals surface area contributed by atoms with E-state index in [4.69, 9.17) is 5.84 Å². The minimum absolute atomic E-state index is 0.576. The molecule has 0 spiro atoms. The molecule has 0 bridgehead atoms. The van der Waals surface area contributed by atoms with Crippen LogP contribution in [-0.2, 0) is 0 Å². The van der Waals surface area contributed by atoms with Crippen molar-refractivity contribution in [3.05, 3.63) is 0 Å². The van der Waals surface area contributed by atoms with E-state index in [9.17, 15) is 0 Å². The molecule has 5 atom stereocenters. The Morgan fingerprint density at radius 2 is 1.67 bits per heavy atom. The Bertz CT molecular complexity index is 243. The zero-order chi connectivity index (χ0) is 13.1. The van der Waals surface area contributed by atoms with Crippen LogP contribution in [0.5, 0.6) is 0 Å². The molecule has 0 aromatic carbocycles. The van der Waals surface area contributed by atoms with Crippen molar-refractivity contribution in [2.45, 2.75) is 71.8 Å². The molecule has 2 heteroatoms. The maximum atomic E-state index is 5.91. The van der Waals surface area contributed by atoms with E-state index in [1.807, 2.05) is 0 Å². The van der Waals surface area contributed by atoms with E-state index in [0.717, 1.165) is 29.6 Å². The van der Waals surface area contributed by atoms with Crippen LogP contribution in [0.1, 0.15) is 65.7 Å². The third kappa shape index (κ3) is 3.27. The number of hydrogen-bond acceptors (Lipinski definition) is 2. The van der Waals surface area contributed by atoms with Gasteiger partial charge >= 0.3 is 0 Å². The summed E-state index contributed by atoms with van der Waals surface area (Å²) in [5.74, 6) is 10.3. The first-order chi connectivity index (χ1) is 8.63. The van der Waals surface area contributed by atoms with E-state index < -0.39 is 0 Å². The molecule has 18 heavy (non-hydrogen) atoms. The first kappa shape index (κ1) is 14.3. The first-order valence-electron chi connectivity index (χ1n) is 8.10. The van der Waals surface area contributed by atoms with Gasteiger partial charge in [-0.25, -0.2) is 0 Å². The Labute approximate surface area is 113 Å². The summed E-state index contributed by atoms with van der Waals surface area (Å²) < 4.78 is 0. The van der Waals surface area contributed by atoms with Gasteiger partial charge in [-0.15, -0.1) is 0 Å². The highest BCUT2D eigenvalue weighted by Crippen LogP contribution is 2.42. The first-order valence-corrected chi connectivity index (χ1v) is 8.10. The summed E-state index contributed by atoms with van der Waals surface area (Å²) in [5, 5.41) is 0. The van der Waals surface area contributed by atoms with E-state index in [-0.39, 0.29) is 0 Å². The van der Waals surface area contributed by atoms with E-state index >= 15 is 0 Å². The van der Waals surface area contributed by atoms with Crippen LogP contribution in [0, 0.1) is 29.6 Å². The highest BCUT2D eigenvalue weighted by Gasteiger charge is 2.37.